The Morgan fingerprint density at radius 2 is 1.39 bits per heavy atom. The molecule has 2 aliphatic rings. The number of hydrogen-bond donors (Lipinski definition) is 2. The highest BCUT2D eigenvalue weighted by Gasteiger charge is 2.25. The van der Waals surface area contributed by atoms with Gasteiger partial charge in [-0.05, 0) is 22.9 Å². The third kappa shape index (κ3) is 3.61. The number of halogens is 1. The van der Waals surface area contributed by atoms with Gasteiger partial charge in [-0.25, -0.2) is 31.4 Å². The predicted molar refractivity (Wildman–Crippen MR) is 152 cm³/mol. The van der Waals surface area contributed by atoms with Gasteiger partial charge in [-0.3, -0.25) is 0 Å². The molecule has 5 aromatic rings. The summed E-state index contributed by atoms with van der Waals surface area (Å²) in [6.45, 7) is 0. The number of anilines is 1. The zero-order chi connectivity index (χ0) is 24.6. The number of nitrogens with two attached hydrogens (primary N) is 1. The molecule has 36 heavy (non-hydrogen) atoms. The van der Waals surface area contributed by atoms with Crippen LogP contribution in [0.4, 0.5) is 11.6 Å². The molecule has 8 heteroatoms. The molecule has 0 spiro atoms. The van der Waals surface area contributed by atoms with Crippen molar-refractivity contribution in [2.24, 2.45) is 20.0 Å². The second kappa shape index (κ2) is 8.94. The monoisotopic (exact) mass is 484 g/mol. The van der Waals surface area contributed by atoms with Crippen molar-refractivity contribution in [1.29, 1.82) is 0 Å². The molecule has 0 atom stereocenters. The van der Waals surface area contributed by atoms with Crippen LogP contribution in [0.25, 0.3) is 21.5 Å². The second-order valence-corrected chi connectivity index (χ2v) is 8.33. The number of aliphatic imine (C=N–C) groups is 4. The molecule has 6 nitrogen and oxygen atoms in total. The summed E-state index contributed by atoms with van der Waals surface area (Å²) in [5.41, 5.74) is 10.1. The molecule has 0 saturated carbocycles. The van der Waals surface area contributed by atoms with E-state index < -0.39 is 0 Å². The zero-order valence-corrected chi connectivity index (χ0v) is 19.7. The number of aromatic nitrogens is 1. The van der Waals surface area contributed by atoms with E-state index in [4.69, 9.17) is 20.7 Å². The summed E-state index contributed by atoms with van der Waals surface area (Å²) in [6.07, 6.45) is 1.84. The standard InChI is InChI=1S/C28H18N6.BCl/c29-24-20-11-5-6-12-21(20)26(31-24)33-28-23-14-17-8-2-1-7-16(17)13-22(23)27(34-28)32-25-19-10-4-3-9-18(19)15-30-25;1-2/h1-15,31H,29H2;/b32-25?,33-28-;. The summed E-state index contributed by atoms with van der Waals surface area (Å²) >= 11 is 4.14. The van der Waals surface area contributed by atoms with E-state index >= 15 is 0 Å². The Balaban J connectivity index is 0.00000117. The van der Waals surface area contributed by atoms with Crippen molar-refractivity contribution in [3.05, 3.63) is 107 Å². The van der Waals surface area contributed by atoms with Crippen molar-refractivity contribution in [3.8, 4) is 0 Å². The van der Waals surface area contributed by atoms with Gasteiger partial charge in [-0.15, -0.1) is 0 Å². The normalized spacial score (nSPS) is 15.8. The van der Waals surface area contributed by atoms with E-state index in [1.54, 1.807) is 0 Å². The van der Waals surface area contributed by atoms with E-state index in [-0.39, 0.29) is 0 Å². The summed E-state index contributed by atoms with van der Waals surface area (Å²) in [6, 6.07) is 28.5. The van der Waals surface area contributed by atoms with Crippen LogP contribution in [0.2, 0.25) is 0 Å². The van der Waals surface area contributed by atoms with Gasteiger partial charge in [0, 0.05) is 39.2 Å². The van der Waals surface area contributed by atoms with E-state index in [0.717, 1.165) is 43.8 Å². The number of hydrogen-bond acceptors (Lipinski definition) is 3. The van der Waals surface area contributed by atoms with Crippen LogP contribution in [0.15, 0.2) is 105 Å². The summed E-state index contributed by atoms with van der Waals surface area (Å²) in [4.78, 5) is 22.4. The van der Waals surface area contributed by atoms with E-state index in [9.17, 15) is 0 Å². The number of nitrogens with one attached hydrogen (secondary N) is 1. The first-order valence-electron chi connectivity index (χ1n) is 11.3. The lowest BCUT2D eigenvalue weighted by atomic mass is 10.0. The molecule has 2 radical (unpaired) electrons. The van der Waals surface area contributed by atoms with Crippen LogP contribution in [0.1, 0.15) is 22.3 Å². The summed E-state index contributed by atoms with van der Waals surface area (Å²) in [7, 11) is 3.97. The van der Waals surface area contributed by atoms with Crippen LogP contribution in [-0.4, -0.2) is 36.0 Å². The number of nitrogen functional groups attached to an aromatic ring is 1. The molecule has 2 aliphatic heterocycles. The lowest BCUT2D eigenvalue weighted by molar-refractivity contribution is 1.34. The first-order valence-corrected chi connectivity index (χ1v) is 11.7. The first kappa shape index (κ1) is 22.0. The van der Waals surface area contributed by atoms with E-state index in [1.807, 2.05) is 66.9 Å². The highest BCUT2D eigenvalue weighted by atomic mass is 35.5. The average Bonchev–Trinajstić information content (AvgIpc) is 3.59. The van der Waals surface area contributed by atoms with Crippen LogP contribution in [0.3, 0.4) is 0 Å². The molecule has 4 aromatic carbocycles. The number of fused-ring (bicyclic) bond motifs is 4. The number of amidine groups is 3. The Bertz CT molecular complexity index is 1780. The van der Waals surface area contributed by atoms with Crippen molar-refractivity contribution < 1.29 is 0 Å². The van der Waals surface area contributed by atoms with Gasteiger partial charge < -0.3 is 10.7 Å². The summed E-state index contributed by atoms with van der Waals surface area (Å²) in [5, 5.41) is 4.15. The van der Waals surface area contributed by atoms with E-state index in [1.165, 1.54) is 0 Å². The Kier molecular flexibility index (Phi) is 5.47. The molecule has 0 saturated heterocycles. The van der Waals surface area contributed by atoms with Crippen LogP contribution in [-0.2, 0) is 0 Å². The highest BCUT2D eigenvalue weighted by molar-refractivity contribution is 6.80. The summed E-state index contributed by atoms with van der Waals surface area (Å²) < 4.78 is 0. The summed E-state index contributed by atoms with van der Waals surface area (Å²) in [5.74, 6) is 3.14. The fourth-order valence-corrected chi connectivity index (χ4v) is 4.59. The maximum absolute atomic E-state index is 6.20. The number of aromatic amines is 1. The van der Waals surface area contributed by atoms with Crippen molar-refractivity contribution in [2.75, 3.05) is 5.73 Å². The van der Waals surface area contributed by atoms with Gasteiger partial charge in [-0.1, -0.05) is 72.8 Å². The molecule has 0 amide bonds. The molecular weight excluding hydrogens is 467 g/mol. The fourth-order valence-electron chi connectivity index (χ4n) is 4.59. The first-order chi connectivity index (χ1) is 17.7. The minimum atomic E-state index is 0.591. The highest BCUT2D eigenvalue weighted by Crippen LogP contribution is 2.33. The van der Waals surface area contributed by atoms with Gasteiger partial charge >= 0.3 is 0 Å². The number of rotatable bonds is 1. The number of nitrogens with zero attached hydrogens (tertiary/aromatic N) is 4. The Hall–Kier alpha value is -4.49. The molecule has 3 N–H and O–H groups in total. The minimum absolute atomic E-state index is 0.591. The Morgan fingerprint density at radius 3 is 2.19 bits per heavy atom. The fraction of sp³-hybridized carbons (Fsp3) is 0. The zero-order valence-electron chi connectivity index (χ0n) is 19.0. The van der Waals surface area contributed by atoms with Gasteiger partial charge in [-0.2, -0.15) is 0 Å². The maximum Gasteiger partial charge on any atom is 0.214 e. The van der Waals surface area contributed by atoms with Crippen LogP contribution >= 0.6 is 11.5 Å². The van der Waals surface area contributed by atoms with Crippen LogP contribution < -0.4 is 5.73 Å². The largest absolute Gasteiger partial charge is 0.385 e. The number of benzene rings is 4. The molecular formula is C28H18BClN6. The molecule has 0 aliphatic carbocycles. The smallest absolute Gasteiger partial charge is 0.214 e. The molecule has 0 fully saturated rings. The van der Waals surface area contributed by atoms with Crippen LogP contribution in [0.5, 0.6) is 0 Å². The van der Waals surface area contributed by atoms with Crippen LogP contribution in [0, 0.1) is 0 Å². The lowest BCUT2D eigenvalue weighted by Gasteiger charge is -2.04. The second-order valence-electron chi connectivity index (χ2n) is 8.33. The molecule has 0 bridgehead atoms. The van der Waals surface area contributed by atoms with Crippen molar-refractivity contribution >= 4 is 75.6 Å². The van der Waals surface area contributed by atoms with E-state index in [0.29, 0.717) is 29.1 Å². The molecule has 170 valence electrons. The topological polar surface area (TPSA) is 91.2 Å². The Labute approximate surface area is 213 Å². The lowest BCUT2D eigenvalue weighted by Crippen LogP contribution is -2.01. The quantitative estimate of drug-likeness (QED) is 0.284. The van der Waals surface area contributed by atoms with Gasteiger partial charge in [0.25, 0.3) is 0 Å². The van der Waals surface area contributed by atoms with Gasteiger partial charge in [0.05, 0.1) is 0 Å². The van der Waals surface area contributed by atoms with Crippen molar-refractivity contribution in [2.45, 2.75) is 0 Å². The SMILES string of the molecule is Nc1[nH]c(/N=C2\N=C(N=C3N=Cc4ccccc43)c3cc4ccccc4cc32)c2ccccc12.[B]Cl. The Morgan fingerprint density at radius 1 is 0.722 bits per heavy atom. The third-order valence-corrected chi connectivity index (χ3v) is 6.26. The van der Waals surface area contributed by atoms with Gasteiger partial charge in [0.2, 0.25) is 7.26 Å². The predicted octanol–water partition coefficient (Wildman–Crippen LogP) is 5.93. The van der Waals surface area contributed by atoms with E-state index in [2.05, 4.69) is 53.0 Å². The number of H-pyrrole nitrogens is 1. The third-order valence-electron chi connectivity index (χ3n) is 6.26. The van der Waals surface area contributed by atoms with Crippen molar-refractivity contribution in [1.82, 2.24) is 4.98 Å². The average molecular weight is 485 g/mol. The van der Waals surface area contributed by atoms with Gasteiger partial charge in [0.1, 0.15) is 11.6 Å². The molecule has 0 unspecified atom stereocenters. The molecule has 3 heterocycles. The maximum atomic E-state index is 6.20. The molecule has 1 aromatic heterocycles. The van der Waals surface area contributed by atoms with Gasteiger partial charge in [0.15, 0.2) is 17.5 Å². The van der Waals surface area contributed by atoms with Crippen molar-refractivity contribution in [3.63, 3.8) is 0 Å². The molecule has 7 rings (SSSR count). The minimum Gasteiger partial charge on any atom is -0.385 e.